The molecule has 0 aromatic carbocycles. The zero-order valence-corrected chi connectivity index (χ0v) is 22.1. The van der Waals surface area contributed by atoms with Gasteiger partial charge in [0.25, 0.3) is 5.79 Å². The van der Waals surface area contributed by atoms with Crippen LogP contribution in [-0.4, -0.2) is 47.4 Å². The van der Waals surface area contributed by atoms with E-state index in [4.69, 9.17) is 4.79 Å². The van der Waals surface area contributed by atoms with E-state index in [1.165, 1.54) is 19.9 Å². The van der Waals surface area contributed by atoms with Gasteiger partial charge in [-0.3, -0.25) is 20.0 Å². The summed E-state index contributed by atoms with van der Waals surface area (Å²) in [5, 5.41) is 1.84. The summed E-state index contributed by atoms with van der Waals surface area (Å²) < 4.78 is 72.9. The Labute approximate surface area is 213 Å². The minimum atomic E-state index is -5.11. The average Bonchev–Trinajstić information content (AvgIpc) is 3.39. The van der Waals surface area contributed by atoms with Crippen molar-refractivity contribution in [1.29, 1.82) is 0 Å². The number of primary amides is 1. The van der Waals surface area contributed by atoms with E-state index in [1.807, 2.05) is 37.8 Å². The van der Waals surface area contributed by atoms with Crippen LogP contribution in [0, 0.1) is 17.5 Å². The van der Waals surface area contributed by atoms with Gasteiger partial charge in [0.15, 0.2) is 5.13 Å². The SMILES string of the molecule is Cc1ccc(C(C)(C)N2CCC(CCc3ccc(F)s3)(C(F)(NC(C)C)C(F)(F)F)C2)cn1.NC=O. The molecule has 36 heavy (non-hydrogen) atoms. The molecule has 5 nitrogen and oxygen atoms in total. The maximum absolute atomic E-state index is 16.3. The number of pyridine rings is 1. The molecule has 0 aliphatic carbocycles. The zero-order valence-electron chi connectivity index (χ0n) is 21.3. The van der Waals surface area contributed by atoms with E-state index < -0.39 is 34.1 Å². The Kier molecular flexibility index (Phi) is 9.63. The molecule has 2 aromatic heterocycles. The molecule has 202 valence electrons. The summed E-state index contributed by atoms with van der Waals surface area (Å²) in [6, 6.07) is 5.92. The van der Waals surface area contributed by atoms with Crippen molar-refractivity contribution < 1.29 is 26.7 Å². The molecule has 0 radical (unpaired) electrons. The Morgan fingerprint density at radius 3 is 2.33 bits per heavy atom. The van der Waals surface area contributed by atoms with Gasteiger partial charge in [0.2, 0.25) is 6.41 Å². The molecule has 0 spiro atoms. The number of halogens is 5. The molecule has 1 aliphatic rings. The van der Waals surface area contributed by atoms with Crippen molar-refractivity contribution in [2.45, 2.75) is 77.4 Å². The highest BCUT2D eigenvalue weighted by molar-refractivity contribution is 7.10. The number of nitrogens with zero attached hydrogens (tertiary/aromatic N) is 2. The Morgan fingerprint density at radius 1 is 1.22 bits per heavy atom. The number of nitrogens with two attached hydrogens (primary N) is 1. The van der Waals surface area contributed by atoms with Gasteiger partial charge in [-0.15, -0.1) is 11.3 Å². The van der Waals surface area contributed by atoms with Crippen LogP contribution in [-0.2, 0) is 16.8 Å². The molecular formula is C25H35F5N4OS. The number of carbonyl (C=O) groups excluding carboxylic acids is 1. The summed E-state index contributed by atoms with van der Waals surface area (Å²) >= 11 is 0.894. The van der Waals surface area contributed by atoms with Crippen LogP contribution < -0.4 is 11.1 Å². The molecule has 2 atom stereocenters. The lowest BCUT2D eigenvalue weighted by molar-refractivity contribution is -0.286. The van der Waals surface area contributed by atoms with Crippen molar-refractivity contribution in [2.75, 3.05) is 13.1 Å². The fraction of sp³-hybridized carbons (Fsp3) is 0.600. The van der Waals surface area contributed by atoms with Crippen molar-refractivity contribution in [3.63, 3.8) is 0 Å². The molecule has 2 aromatic rings. The molecule has 0 saturated carbocycles. The van der Waals surface area contributed by atoms with E-state index in [9.17, 15) is 17.6 Å². The van der Waals surface area contributed by atoms with E-state index >= 15 is 4.39 Å². The Balaban J connectivity index is 0.00000145. The third-order valence-corrected chi connectivity index (χ3v) is 7.78. The quantitative estimate of drug-likeness (QED) is 0.267. The number of amides is 1. The smallest absolute Gasteiger partial charge is 0.372 e. The number of rotatable bonds is 8. The lowest BCUT2D eigenvalue weighted by Gasteiger charge is -2.46. The van der Waals surface area contributed by atoms with Crippen molar-refractivity contribution in [3.8, 4) is 0 Å². The number of likely N-dealkylation sites (tertiary alicyclic amines) is 1. The number of carbonyl (C=O) groups is 1. The van der Waals surface area contributed by atoms with E-state index in [0.717, 1.165) is 22.6 Å². The number of hydrogen-bond acceptors (Lipinski definition) is 5. The van der Waals surface area contributed by atoms with Gasteiger partial charge in [-0.2, -0.15) is 17.6 Å². The molecule has 3 N–H and O–H groups in total. The number of aromatic nitrogens is 1. The molecule has 1 amide bonds. The highest BCUT2D eigenvalue weighted by atomic mass is 32.1. The minimum Gasteiger partial charge on any atom is -0.372 e. The van der Waals surface area contributed by atoms with Crippen molar-refractivity contribution in [3.05, 3.63) is 51.7 Å². The second-order valence-electron chi connectivity index (χ2n) is 10.00. The minimum absolute atomic E-state index is 0.0271. The first kappa shape index (κ1) is 30.1. The van der Waals surface area contributed by atoms with Gasteiger partial charge in [0.1, 0.15) is 0 Å². The van der Waals surface area contributed by atoms with Gasteiger partial charge in [0.05, 0.1) is 0 Å². The predicted octanol–water partition coefficient (Wildman–Crippen LogP) is 5.48. The Hall–Kier alpha value is -2.11. The first-order valence-electron chi connectivity index (χ1n) is 11.7. The first-order chi connectivity index (χ1) is 16.6. The van der Waals surface area contributed by atoms with Gasteiger partial charge in [-0.25, -0.2) is 4.39 Å². The highest BCUT2D eigenvalue weighted by Crippen LogP contribution is 2.54. The third kappa shape index (κ3) is 6.41. The fourth-order valence-corrected chi connectivity index (χ4v) is 5.53. The Bertz CT molecular complexity index is 995. The maximum Gasteiger partial charge on any atom is 0.436 e. The number of thiophene rings is 1. The van der Waals surface area contributed by atoms with Crippen LogP contribution in [0.25, 0.3) is 0 Å². The number of nitrogens with one attached hydrogen (secondary N) is 1. The first-order valence-corrected chi connectivity index (χ1v) is 12.5. The zero-order chi connectivity index (χ0) is 27.4. The van der Waals surface area contributed by atoms with Crippen LogP contribution in [0.4, 0.5) is 22.0 Å². The maximum atomic E-state index is 16.3. The standard InChI is InChI=1S/C24H32F5N3S.CH3NO/c1-16(2)31-23(26,24(27,28)29)22(11-10-19-8-9-20(25)33-19)12-13-32(15-22)21(4,5)18-7-6-17(3)30-14-18;2-1-3/h6-9,14,16,31H,10-13,15H2,1-5H3;1H,(H2,2,3). The van der Waals surface area contributed by atoms with E-state index in [1.54, 1.807) is 12.3 Å². The van der Waals surface area contributed by atoms with Crippen LogP contribution >= 0.6 is 11.3 Å². The van der Waals surface area contributed by atoms with Crippen LogP contribution in [0.3, 0.4) is 0 Å². The van der Waals surface area contributed by atoms with Gasteiger partial charge in [-0.05, 0) is 84.2 Å². The van der Waals surface area contributed by atoms with Gasteiger partial charge < -0.3 is 5.73 Å². The lowest BCUT2D eigenvalue weighted by atomic mass is 9.72. The van der Waals surface area contributed by atoms with E-state index in [0.29, 0.717) is 11.4 Å². The summed E-state index contributed by atoms with van der Waals surface area (Å²) in [4.78, 5) is 15.4. The molecule has 0 bridgehead atoms. The monoisotopic (exact) mass is 534 g/mol. The topological polar surface area (TPSA) is 71.2 Å². The molecule has 1 fully saturated rings. The number of hydrogen-bond donors (Lipinski definition) is 2. The summed E-state index contributed by atoms with van der Waals surface area (Å²) in [5.41, 5.74) is 3.50. The largest absolute Gasteiger partial charge is 0.436 e. The van der Waals surface area contributed by atoms with Crippen LogP contribution in [0.5, 0.6) is 0 Å². The van der Waals surface area contributed by atoms with E-state index in [-0.39, 0.29) is 32.2 Å². The summed E-state index contributed by atoms with van der Waals surface area (Å²) in [5.74, 6) is -3.58. The molecule has 3 rings (SSSR count). The molecule has 2 unspecified atom stereocenters. The van der Waals surface area contributed by atoms with Crippen LogP contribution in [0.1, 0.15) is 56.7 Å². The van der Waals surface area contributed by atoms with Gasteiger partial charge in [-0.1, -0.05) is 6.07 Å². The third-order valence-electron chi connectivity index (χ3n) is 6.85. The highest BCUT2D eigenvalue weighted by Gasteiger charge is 2.69. The van der Waals surface area contributed by atoms with E-state index in [2.05, 4.69) is 16.0 Å². The Morgan fingerprint density at radius 2 is 1.86 bits per heavy atom. The van der Waals surface area contributed by atoms with Gasteiger partial charge in [0, 0.05) is 40.3 Å². The van der Waals surface area contributed by atoms with Crippen molar-refractivity contribution >= 4 is 17.7 Å². The van der Waals surface area contributed by atoms with Crippen LogP contribution in [0.2, 0.25) is 0 Å². The summed E-state index contributed by atoms with van der Waals surface area (Å²) in [7, 11) is 0. The second-order valence-corrected chi connectivity index (χ2v) is 11.1. The lowest BCUT2D eigenvalue weighted by Crippen LogP contribution is -2.66. The number of alkyl halides is 4. The normalized spacial score (nSPS) is 20.6. The summed E-state index contributed by atoms with van der Waals surface area (Å²) in [6.07, 6.45) is -2.98. The predicted molar refractivity (Wildman–Crippen MR) is 132 cm³/mol. The average molecular weight is 535 g/mol. The molecule has 3 heterocycles. The molecule has 1 saturated heterocycles. The van der Waals surface area contributed by atoms with Crippen molar-refractivity contribution in [2.24, 2.45) is 11.1 Å². The second kappa shape index (κ2) is 11.5. The molecule has 1 aliphatic heterocycles. The van der Waals surface area contributed by atoms with Crippen molar-refractivity contribution in [1.82, 2.24) is 15.2 Å². The van der Waals surface area contributed by atoms with Crippen LogP contribution in [0.15, 0.2) is 30.5 Å². The fourth-order valence-electron chi connectivity index (χ4n) is 4.80. The summed E-state index contributed by atoms with van der Waals surface area (Å²) in [6.45, 7) is 8.96. The van der Waals surface area contributed by atoms with Gasteiger partial charge >= 0.3 is 6.18 Å². The molecular weight excluding hydrogens is 499 g/mol. The number of aryl methyl sites for hydroxylation is 2. The molecule has 11 heteroatoms.